The highest BCUT2D eigenvalue weighted by Gasteiger charge is 2.26. The average Bonchev–Trinajstić information content (AvgIpc) is 2.75. The van der Waals surface area contributed by atoms with Crippen molar-refractivity contribution in [2.45, 2.75) is 46.5 Å². The molecule has 0 spiro atoms. The van der Waals surface area contributed by atoms with Crippen LogP contribution in [0.25, 0.3) is 5.57 Å². The Labute approximate surface area is 177 Å². The number of piperazine rings is 1. The molecule has 0 aromatic heterocycles. The first kappa shape index (κ1) is 20.7. The number of hydrogen-bond acceptors (Lipinski definition) is 4. The Bertz CT molecular complexity index is 713. The van der Waals surface area contributed by atoms with E-state index in [1.54, 1.807) is 5.57 Å². The number of anilines is 2. The van der Waals surface area contributed by atoms with E-state index in [9.17, 15) is 0 Å². The minimum Gasteiger partial charge on any atom is -0.378 e. The molecule has 2 saturated heterocycles. The number of ether oxygens (including phenoxy) is 1. The van der Waals surface area contributed by atoms with Crippen LogP contribution in [0.3, 0.4) is 0 Å². The van der Waals surface area contributed by atoms with Gasteiger partial charge in [0.05, 0.1) is 13.2 Å². The van der Waals surface area contributed by atoms with E-state index in [0.29, 0.717) is 5.41 Å². The zero-order chi connectivity index (χ0) is 20.3. The van der Waals surface area contributed by atoms with Crippen LogP contribution in [0, 0.1) is 5.41 Å². The van der Waals surface area contributed by atoms with Crippen molar-refractivity contribution in [3.63, 3.8) is 0 Å². The summed E-state index contributed by atoms with van der Waals surface area (Å²) in [5.74, 6) is 0. The molecule has 3 aliphatic rings. The molecule has 0 bridgehead atoms. The fourth-order valence-corrected chi connectivity index (χ4v) is 4.93. The Morgan fingerprint density at radius 1 is 0.966 bits per heavy atom. The molecule has 4 heteroatoms. The number of rotatable bonds is 5. The molecule has 29 heavy (non-hydrogen) atoms. The third-order valence-corrected chi connectivity index (χ3v) is 6.93. The van der Waals surface area contributed by atoms with Crippen molar-refractivity contribution in [1.82, 2.24) is 4.90 Å². The van der Waals surface area contributed by atoms with Crippen LogP contribution >= 0.6 is 0 Å². The lowest BCUT2D eigenvalue weighted by Crippen LogP contribution is -2.46. The Balaban J connectivity index is 1.61. The largest absolute Gasteiger partial charge is 0.378 e. The van der Waals surface area contributed by atoms with E-state index in [0.717, 1.165) is 39.4 Å². The molecule has 0 radical (unpaired) electrons. The summed E-state index contributed by atoms with van der Waals surface area (Å²) >= 11 is 0. The van der Waals surface area contributed by atoms with Crippen LogP contribution in [0.5, 0.6) is 0 Å². The van der Waals surface area contributed by atoms with E-state index < -0.39 is 0 Å². The maximum Gasteiger partial charge on any atom is 0.0642 e. The quantitative estimate of drug-likeness (QED) is 0.720. The third-order valence-electron chi connectivity index (χ3n) is 6.93. The van der Waals surface area contributed by atoms with Crippen LogP contribution in [0.1, 0.15) is 52.0 Å². The molecular weight excluding hydrogens is 358 g/mol. The highest BCUT2D eigenvalue weighted by molar-refractivity contribution is 5.80. The van der Waals surface area contributed by atoms with Crippen molar-refractivity contribution in [2.75, 3.05) is 68.8 Å². The minimum absolute atomic E-state index is 0.442. The van der Waals surface area contributed by atoms with Crippen LogP contribution in [-0.2, 0) is 4.74 Å². The molecule has 0 saturated carbocycles. The molecule has 4 nitrogen and oxygen atoms in total. The summed E-state index contributed by atoms with van der Waals surface area (Å²) in [6.07, 6.45) is 7.45. The Morgan fingerprint density at radius 2 is 1.72 bits per heavy atom. The molecule has 2 heterocycles. The minimum atomic E-state index is 0.442. The summed E-state index contributed by atoms with van der Waals surface area (Å²) in [5.41, 5.74) is 6.29. The summed E-state index contributed by atoms with van der Waals surface area (Å²) in [6, 6.07) is 7.22. The van der Waals surface area contributed by atoms with Gasteiger partial charge in [-0.25, -0.2) is 0 Å². The first-order valence-corrected chi connectivity index (χ1v) is 11.7. The van der Waals surface area contributed by atoms with Crippen LogP contribution in [-0.4, -0.2) is 63.9 Å². The first-order valence-electron chi connectivity index (χ1n) is 11.7. The zero-order valence-corrected chi connectivity index (χ0v) is 18.8. The van der Waals surface area contributed by atoms with Crippen molar-refractivity contribution < 1.29 is 4.74 Å². The van der Waals surface area contributed by atoms with E-state index in [-0.39, 0.29) is 0 Å². The third kappa shape index (κ3) is 4.97. The van der Waals surface area contributed by atoms with Crippen molar-refractivity contribution in [1.29, 1.82) is 0 Å². The van der Waals surface area contributed by atoms with Gasteiger partial charge in [-0.15, -0.1) is 0 Å². The number of morpholine rings is 1. The lowest BCUT2D eigenvalue weighted by molar-refractivity contribution is 0.122. The van der Waals surface area contributed by atoms with Crippen molar-refractivity contribution >= 4 is 16.9 Å². The number of hydrogen-bond donors (Lipinski definition) is 0. The monoisotopic (exact) mass is 397 g/mol. The molecule has 0 N–H and O–H groups in total. The summed E-state index contributed by atoms with van der Waals surface area (Å²) in [7, 11) is 0. The maximum absolute atomic E-state index is 5.57. The average molecular weight is 398 g/mol. The molecule has 0 atom stereocenters. The van der Waals surface area contributed by atoms with Crippen molar-refractivity contribution in [3.05, 3.63) is 29.8 Å². The van der Waals surface area contributed by atoms with E-state index >= 15 is 0 Å². The Morgan fingerprint density at radius 3 is 2.38 bits per heavy atom. The molecule has 160 valence electrons. The van der Waals surface area contributed by atoms with Crippen LogP contribution < -0.4 is 9.80 Å². The molecule has 1 aliphatic carbocycles. The molecule has 2 fully saturated rings. The summed E-state index contributed by atoms with van der Waals surface area (Å²) in [5, 5.41) is 0. The van der Waals surface area contributed by atoms with Gasteiger partial charge in [0.25, 0.3) is 0 Å². The maximum atomic E-state index is 5.57. The number of nitrogens with zero attached hydrogens (tertiary/aromatic N) is 3. The van der Waals surface area contributed by atoms with Gasteiger partial charge in [-0.2, -0.15) is 0 Å². The lowest BCUT2D eigenvalue weighted by atomic mass is 9.76. The summed E-state index contributed by atoms with van der Waals surface area (Å²) in [4.78, 5) is 7.73. The fraction of sp³-hybridized carbons (Fsp3) is 0.680. The van der Waals surface area contributed by atoms with E-state index in [1.165, 1.54) is 62.3 Å². The van der Waals surface area contributed by atoms with Gasteiger partial charge in [-0.1, -0.05) is 26.8 Å². The number of benzene rings is 1. The van der Waals surface area contributed by atoms with Gasteiger partial charge in [0.1, 0.15) is 0 Å². The van der Waals surface area contributed by atoms with Gasteiger partial charge in [0.15, 0.2) is 0 Å². The molecule has 1 aromatic rings. The standard InChI is InChI=1S/C25H39N3O/c1-4-11-26-12-14-28(15-13-26)24-6-5-22(27-16-18-29-19-17-27)20-23(24)21-7-9-25(2,3)10-8-21/h5-7,20H,4,8-19H2,1-3H3. The van der Waals surface area contributed by atoms with Gasteiger partial charge in [-0.3, -0.25) is 4.90 Å². The van der Waals surface area contributed by atoms with E-state index in [2.05, 4.69) is 59.7 Å². The normalized spacial score (nSPS) is 23.2. The molecule has 0 unspecified atom stereocenters. The smallest absolute Gasteiger partial charge is 0.0642 e. The molecule has 1 aromatic carbocycles. The molecule has 0 amide bonds. The summed E-state index contributed by atoms with van der Waals surface area (Å²) in [6.45, 7) is 16.7. The zero-order valence-electron chi connectivity index (χ0n) is 18.8. The van der Waals surface area contributed by atoms with E-state index in [4.69, 9.17) is 4.74 Å². The second-order valence-electron chi connectivity index (χ2n) is 9.73. The second-order valence-corrected chi connectivity index (χ2v) is 9.73. The van der Waals surface area contributed by atoms with Gasteiger partial charge in [-0.05, 0) is 61.4 Å². The predicted molar refractivity (Wildman–Crippen MR) is 124 cm³/mol. The number of allylic oxidation sites excluding steroid dienone is 2. The SMILES string of the molecule is CCCN1CCN(c2ccc(N3CCOCC3)cc2C2=CCC(C)(C)CC2)CC1. The topological polar surface area (TPSA) is 19.0 Å². The van der Waals surface area contributed by atoms with Crippen molar-refractivity contribution in [2.24, 2.45) is 5.41 Å². The predicted octanol–water partition coefficient (Wildman–Crippen LogP) is 4.65. The molecule has 4 rings (SSSR count). The van der Waals surface area contributed by atoms with Crippen molar-refractivity contribution in [3.8, 4) is 0 Å². The van der Waals surface area contributed by atoms with Gasteiger partial charge >= 0.3 is 0 Å². The summed E-state index contributed by atoms with van der Waals surface area (Å²) < 4.78 is 5.57. The Hall–Kier alpha value is -1.52. The fourth-order valence-electron chi connectivity index (χ4n) is 4.93. The van der Waals surface area contributed by atoms with Gasteiger partial charge in [0, 0.05) is 56.2 Å². The van der Waals surface area contributed by atoms with Crippen LogP contribution in [0.2, 0.25) is 0 Å². The highest BCUT2D eigenvalue weighted by Crippen LogP contribution is 2.42. The van der Waals surface area contributed by atoms with Gasteiger partial charge in [0.2, 0.25) is 0 Å². The molecular formula is C25H39N3O. The molecule has 2 aliphatic heterocycles. The highest BCUT2D eigenvalue weighted by atomic mass is 16.5. The van der Waals surface area contributed by atoms with Gasteiger partial charge < -0.3 is 14.5 Å². The lowest BCUT2D eigenvalue weighted by Gasteiger charge is -2.38. The first-order chi connectivity index (χ1) is 14.1. The second kappa shape index (κ2) is 9.09. The van der Waals surface area contributed by atoms with Crippen LogP contribution in [0.15, 0.2) is 24.3 Å². The Kier molecular flexibility index (Phi) is 6.50. The van der Waals surface area contributed by atoms with Crippen LogP contribution in [0.4, 0.5) is 11.4 Å². The van der Waals surface area contributed by atoms with E-state index in [1.807, 2.05) is 0 Å².